The van der Waals surface area contributed by atoms with Crippen molar-refractivity contribution in [2.24, 2.45) is 0 Å². The summed E-state index contributed by atoms with van der Waals surface area (Å²) < 4.78 is 33.2. The summed E-state index contributed by atoms with van der Waals surface area (Å²) >= 11 is -2.10. The summed E-state index contributed by atoms with van der Waals surface area (Å²) in [6.07, 6.45) is 0. The van der Waals surface area contributed by atoms with Gasteiger partial charge in [0.2, 0.25) is 0 Å². The van der Waals surface area contributed by atoms with Crippen LogP contribution in [-0.4, -0.2) is 21.8 Å². The van der Waals surface area contributed by atoms with Gasteiger partial charge in [-0.15, -0.1) is 0 Å². The van der Waals surface area contributed by atoms with E-state index < -0.39 is 14.7 Å². The molecule has 87 valence electrons. The summed E-state index contributed by atoms with van der Waals surface area (Å²) in [5.41, 5.74) is 0. The van der Waals surface area contributed by atoms with E-state index in [1.165, 1.54) is 24.3 Å². The molecule has 0 fully saturated rings. The van der Waals surface area contributed by atoms with Gasteiger partial charge in [0.15, 0.2) is 0 Å². The van der Waals surface area contributed by atoms with Crippen molar-refractivity contribution >= 4 is 23.5 Å². The van der Waals surface area contributed by atoms with Gasteiger partial charge in [-0.25, -0.2) is 0 Å². The van der Waals surface area contributed by atoms with Crippen LogP contribution in [0.1, 0.15) is 0 Å². The monoisotopic (exact) mass is 295 g/mol. The van der Waals surface area contributed by atoms with Crippen molar-refractivity contribution in [2.45, 2.75) is 0 Å². The molecule has 0 atom stereocenters. The molecule has 0 heterocycles. The predicted octanol–water partition coefficient (Wildman–Crippen LogP) is 1.72. The van der Waals surface area contributed by atoms with E-state index >= 15 is 0 Å². The van der Waals surface area contributed by atoms with E-state index in [1.807, 2.05) is 0 Å². The fourth-order valence-electron chi connectivity index (χ4n) is 1.60. The molecule has 2 rings (SSSR count). The number of hydrogen-bond donors (Lipinski definition) is 0. The maximum absolute atomic E-state index is 12.8. The molecule has 0 aliphatic heterocycles. The standard InChI is InChI=1S/C13H11F2GeO/c1-17-16(12-6-2-10(14)3-7-12)13-8-4-11(15)5-9-13/h2-9H,1H3. The summed E-state index contributed by atoms with van der Waals surface area (Å²) in [6, 6.07) is 12.6. The number of hydrogen-bond acceptors (Lipinski definition) is 1. The Labute approximate surface area is 103 Å². The summed E-state index contributed by atoms with van der Waals surface area (Å²) in [6.45, 7) is 0. The molecule has 0 aliphatic rings. The van der Waals surface area contributed by atoms with Crippen molar-refractivity contribution in [2.75, 3.05) is 7.11 Å². The molecule has 2 aromatic rings. The Hall–Kier alpha value is -1.20. The van der Waals surface area contributed by atoms with Crippen LogP contribution in [-0.2, 0) is 3.76 Å². The second-order valence-corrected chi connectivity index (χ2v) is 8.21. The Bertz CT molecular complexity index is 436. The first kappa shape index (κ1) is 12.3. The van der Waals surface area contributed by atoms with Gasteiger partial charge in [-0.1, -0.05) is 0 Å². The Morgan fingerprint density at radius 3 is 1.41 bits per heavy atom. The molecule has 1 nitrogen and oxygen atoms in total. The third kappa shape index (κ3) is 2.92. The zero-order chi connectivity index (χ0) is 12.3. The third-order valence-corrected chi connectivity index (χ3v) is 6.87. The SMILES string of the molecule is C[O][Ge]([c]1ccc(F)cc1)[c]1ccc(F)cc1. The normalized spacial score (nSPS) is 10.8. The molecule has 2 aromatic carbocycles. The van der Waals surface area contributed by atoms with E-state index in [0.717, 1.165) is 8.79 Å². The van der Waals surface area contributed by atoms with E-state index in [-0.39, 0.29) is 11.6 Å². The molecular weight excluding hydrogens is 283 g/mol. The first-order chi connectivity index (χ1) is 8.20. The molecule has 0 spiro atoms. The molecule has 1 radical (unpaired) electrons. The van der Waals surface area contributed by atoms with Crippen LogP contribution in [0.3, 0.4) is 0 Å². The van der Waals surface area contributed by atoms with Crippen molar-refractivity contribution in [3.8, 4) is 0 Å². The van der Waals surface area contributed by atoms with Crippen molar-refractivity contribution < 1.29 is 12.5 Å². The number of rotatable bonds is 3. The molecule has 17 heavy (non-hydrogen) atoms. The van der Waals surface area contributed by atoms with Crippen molar-refractivity contribution in [3.05, 3.63) is 60.2 Å². The Morgan fingerprint density at radius 2 is 1.12 bits per heavy atom. The third-order valence-electron chi connectivity index (χ3n) is 2.42. The summed E-state index contributed by atoms with van der Waals surface area (Å²) in [7, 11) is 1.64. The van der Waals surface area contributed by atoms with Gasteiger partial charge in [0.1, 0.15) is 0 Å². The molecule has 0 N–H and O–H groups in total. The molecule has 0 saturated heterocycles. The maximum atomic E-state index is 12.8. The van der Waals surface area contributed by atoms with Gasteiger partial charge in [0, 0.05) is 0 Å². The van der Waals surface area contributed by atoms with Crippen LogP contribution in [0, 0.1) is 11.6 Å². The van der Waals surface area contributed by atoms with Crippen molar-refractivity contribution in [1.82, 2.24) is 0 Å². The molecule has 0 aromatic heterocycles. The minimum absolute atomic E-state index is 0.262. The Morgan fingerprint density at radius 1 is 0.765 bits per heavy atom. The topological polar surface area (TPSA) is 9.23 Å². The van der Waals surface area contributed by atoms with Gasteiger partial charge >= 0.3 is 103 Å². The Kier molecular flexibility index (Phi) is 3.91. The average Bonchev–Trinajstić information content (AvgIpc) is 2.35. The van der Waals surface area contributed by atoms with Gasteiger partial charge in [-0.05, 0) is 0 Å². The summed E-state index contributed by atoms with van der Waals surface area (Å²) in [5.74, 6) is -0.525. The van der Waals surface area contributed by atoms with E-state index in [0.29, 0.717) is 0 Å². The van der Waals surface area contributed by atoms with Gasteiger partial charge in [0.25, 0.3) is 0 Å². The number of benzene rings is 2. The molecular formula is C13H11F2GeO. The zero-order valence-corrected chi connectivity index (χ0v) is 11.4. The Balaban J connectivity index is 2.33. The van der Waals surface area contributed by atoms with E-state index in [4.69, 9.17) is 3.76 Å². The van der Waals surface area contributed by atoms with E-state index in [9.17, 15) is 8.78 Å². The van der Waals surface area contributed by atoms with Gasteiger partial charge < -0.3 is 0 Å². The molecule has 4 heteroatoms. The van der Waals surface area contributed by atoms with Gasteiger partial charge in [0.05, 0.1) is 0 Å². The van der Waals surface area contributed by atoms with Crippen LogP contribution in [0.2, 0.25) is 0 Å². The zero-order valence-electron chi connectivity index (χ0n) is 9.28. The van der Waals surface area contributed by atoms with Gasteiger partial charge in [-0.3, -0.25) is 0 Å². The van der Waals surface area contributed by atoms with Crippen LogP contribution in [0.4, 0.5) is 8.78 Å². The predicted molar refractivity (Wildman–Crippen MR) is 64.8 cm³/mol. The second kappa shape index (κ2) is 5.42. The van der Waals surface area contributed by atoms with Crippen LogP contribution in [0.25, 0.3) is 0 Å². The first-order valence-corrected chi connectivity index (χ1v) is 8.09. The fraction of sp³-hybridized carbons (Fsp3) is 0.0769. The average molecular weight is 294 g/mol. The summed E-state index contributed by atoms with van der Waals surface area (Å²) in [4.78, 5) is 0. The quantitative estimate of drug-likeness (QED) is 0.783. The second-order valence-electron chi connectivity index (χ2n) is 3.55. The van der Waals surface area contributed by atoms with Crippen LogP contribution in [0.15, 0.2) is 48.5 Å². The van der Waals surface area contributed by atoms with Crippen LogP contribution >= 0.6 is 0 Å². The summed E-state index contributed by atoms with van der Waals surface area (Å²) in [5, 5.41) is 0. The molecule has 0 aliphatic carbocycles. The molecule has 0 amide bonds. The van der Waals surface area contributed by atoms with Crippen molar-refractivity contribution in [3.63, 3.8) is 0 Å². The van der Waals surface area contributed by atoms with Crippen LogP contribution in [0.5, 0.6) is 0 Å². The first-order valence-electron chi connectivity index (χ1n) is 5.13. The van der Waals surface area contributed by atoms with E-state index in [2.05, 4.69) is 0 Å². The number of halogens is 2. The molecule has 0 unspecified atom stereocenters. The van der Waals surface area contributed by atoms with E-state index in [1.54, 1.807) is 31.4 Å². The van der Waals surface area contributed by atoms with Crippen LogP contribution < -0.4 is 8.79 Å². The van der Waals surface area contributed by atoms with Gasteiger partial charge in [-0.2, -0.15) is 0 Å². The fourth-order valence-corrected chi connectivity index (χ4v) is 5.26. The molecule has 0 saturated carbocycles. The van der Waals surface area contributed by atoms with Crippen molar-refractivity contribution in [1.29, 1.82) is 0 Å². The molecule has 0 bridgehead atoms. The minimum atomic E-state index is -2.10.